The molecule has 1 saturated heterocycles. The molecule has 12 heteroatoms. The molecule has 0 amide bonds. The summed E-state index contributed by atoms with van der Waals surface area (Å²) < 4.78 is 0. The Hall–Kier alpha value is 2.91. The smallest absolute Gasteiger partial charge is 0.0273 e. The van der Waals surface area contributed by atoms with Gasteiger partial charge >= 0.3 is 0 Å². The highest BCUT2D eigenvalue weighted by Gasteiger charge is 1.89. The molecule has 0 aromatic heterocycles. The van der Waals surface area contributed by atoms with Gasteiger partial charge in [0, 0.05) is 26.6 Å². The highest BCUT2D eigenvalue weighted by molar-refractivity contribution is 7.65. The highest BCUT2D eigenvalue weighted by atomic mass is 35.5. The van der Waals surface area contributed by atoms with E-state index < -0.39 is 0 Å². The van der Waals surface area contributed by atoms with Gasteiger partial charge in [-0.15, -0.1) is 74.4 Å². The predicted molar refractivity (Wildman–Crippen MR) is 77.8 cm³/mol. The first kappa shape index (κ1) is 36.3. The van der Waals surface area contributed by atoms with Crippen molar-refractivity contribution in [2.75, 3.05) is 0 Å². The van der Waals surface area contributed by atoms with Crippen molar-refractivity contribution in [2.24, 2.45) is 0 Å². The SMILES string of the molecule is Cl.Cl.Cl.Cl.Cl.Cl.N1PNPNP1. The van der Waals surface area contributed by atoms with Crippen LogP contribution in [0.4, 0.5) is 0 Å². The maximum Gasteiger partial charge on any atom is 0.0273 e. The normalized spacial score (nSPS) is 18.0. The second-order valence-corrected chi connectivity index (χ2v) is 4.50. The van der Waals surface area contributed by atoms with Crippen LogP contribution in [-0.4, -0.2) is 0 Å². The van der Waals surface area contributed by atoms with Crippen molar-refractivity contribution in [3.8, 4) is 0 Å². The first-order valence-electron chi connectivity index (χ1n) is 1.50. The molecule has 0 radical (unpaired) electrons. The van der Waals surface area contributed by atoms with Gasteiger partial charge in [-0.25, -0.2) is 0 Å². The summed E-state index contributed by atoms with van der Waals surface area (Å²) in [7, 11) is 2.29. The van der Waals surface area contributed by atoms with Gasteiger partial charge in [-0.2, -0.15) is 0 Å². The average Bonchev–Trinajstić information content (AvgIpc) is 1.72. The molecule has 0 saturated carbocycles. The minimum absolute atomic E-state index is 0. The van der Waals surface area contributed by atoms with Gasteiger partial charge in [0.15, 0.2) is 0 Å². The fourth-order valence-corrected chi connectivity index (χ4v) is 3.38. The van der Waals surface area contributed by atoms with Gasteiger partial charge in [-0.05, 0) is 0 Å². The molecule has 1 heterocycles. The second kappa shape index (κ2) is 29.2. The Morgan fingerprint density at radius 2 is 0.583 bits per heavy atom. The Bertz CT molecular complexity index is 33.5. The van der Waals surface area contributed by atoms with Crippen LogP contribution in [0, 0.1) is 0 Å². The van der Waals surface area contributed by atoms with Crippen molar-refractivity contribution in [1.29, 1.82) is 0 Å². The molecule has 1 aliphatic heterocycles. The van der Waals surface area contributed by atoms with E-state index >= 15 is 0 Å². The standard InChI is InChI=1S/6ClH.H6N3P3/c;;;;;;1-4-2-6-3-5-1/h6*1H;1-6H. The van der Waals surface area contributed by atoms with E-state index in [0.717, 1.165) is 26.6 Å². The summed E-state index contributed by atoms with van der Waals surface area (Å²) in [6.07, 6.45) is 0. The zero-order chi connectivity index (χ0) is 4.24. The third-order valence-electron chi connectivity index (χ3n) is 0.375. The van der Waals surface area contributed by atoms with Gasteiger partial charge in [0.2, 0.25) is 0 Å². The average molecular weight is 360 g/mol. The second-order valence-electron chi connectivity index (χ2n) is 0.750. The van der Waals surface area contributed by atoms with Crippen LogP contribution < -0.4 is 14.6 Å². The van der Waals surface area contributed by atoms with E-state index in [2.05, 4.69) is 14.6 Å². The van der Waals surface area contributed by atoms with Gasteiger partial charge in [0.05, 0.1) is 0 Å². The molecule has 3 N–H and O–H groups in total. The number of rotatable bonds is 0. The Morgan fingerprint density at radius 1 is 0.417 bits per heavy atom. The third kappa shape index (κ3) is 23.1. The van der Waals surface area contributed by atoms with Gasteiger partial charge in [0.25, 0.3) is 0 Å². The third-order valence-corrected chi connectivity index (χ3v) is 3.38. The molecule has 12 heavy (non-hydrogen) atoms. The molecule has 0 aromatic rings. The quantitative estimate of drug-likeness (QED) is 0.582. The molecular weight excluding hydrogens is 348 g/mol. The van der Waals surface area contributed by atoms with Gasteiger partial charge in [-0.3, -0.25) is 14.6 Å². The molecule has 0 unspecified atom stereocenters. The first-order valence-corrected chi connectivity index (χ1v) is 4.50. The lowest BCUT2D eigenvalue weighted by atomic mass is 13.8. The van der Waals surface area contributed by atoms with E-state index in [1.807, 2.05) is 0 Å². The summed E-state index contributed by atoms with van der Waals surface area (Å²) in [4.78, 5) is 9.38. The molecule has 0 aliphatic carbocycles. The molecule has 0 aromatic carbocycles. The topological polar surface area (TPSA) is 36.1 Å². The molecule has 0 atom stereocenters. The van der Waals surface area contributed by atoms with E-state index in [1.54, 1.807) is 0 Å². The number of nitrogens with one attached hydrogen (secondary N) is 3. The van der Waals surface area contributed by atoms with Crippen LogP contribution in [0.2, 0.25) is 0 Å². The Labute approximate surface area is 115 Å². The molecule has 0 bridgehead atoms. The zero-order valence-electron chi connectivity index (χ0n) is 5.45. The fraction of sp³-hybridized carbons (Fsp3) is 0. The summed E-state index contributed by atoms with van der Waals surface area (Å²) in [5, 5.41) is 0. The lowest BCUT2D eigenvalue weighted by Crippen LogP contribution is -2.07. The van der Waals surface area contributed by atoms with Crippen LogP contribution in [0.3, 0.4) is 0 Å². The highest BCUT2D eigenvalue weighted by Crippen LogP contribution is 2.23. The van der Waals surface area contributed by atoms with Crippen molar-refractivity contribution in [3.63, 3.8) is 0 Å². The summed E-state index contributed by atoms with van der Waals surface area (Å²) in [5.41, 5.74) is 0. The maximum atomic E-state index is 3.12. The fourth-order valence-electron chi connectivity index (χ4n) is 0.188. The van der Waals surface area contributed by atoms with E-state index in [0.29, 0.717) is 0 Å². The summed E-state index contributed by atoms with van der Waals surface area (Å²) in [6.45, 7) is 0. The molecule has 84 valence electrons. The van der Waals surface area contributed by atoms with Crippen LogP contribution >= 0.6 is 101 Å². The molecular formula is H12Cl6N3P3. The molecule has 1 aliphatic rings. The van der Waals surface area contributed by atoms with Crippen molar-refractivity contribution in [3.05, 3.63) is 0 Å². The minimum atomic E-state index is 0. The summed E-state index contributed by atoms with van der Waals surface area (Å²) >= 11 is 0. The van der Waals surface area contributed by atoms with Crippen LogP contribution in [-0.2, 0) is 0 Å². The first-order chi connectivity index (χ1) is 3.00. The van der Waals surface area contributed by atoms with Crippen LogP contribution in [0.1, 0.15) is 0 Å². The van der Waals surface area contributed by atoms with E-state index in [9.17, 15) is 0 Å². The Kier molecular flexibility index (Phi) is 88.4. The zero-order valence-corrected chi connectivity index (χ0v) is 13.3. The van der Waals surface area contributed by atoms with Gasteiger partial charge < -0.3 is 0 Å². The van der Waals surface area contributed by atoms with Crippen LogP contribution in [0.5, 0.6) is 0 Å². The minimum Gasteiger partial charge on any atom is -0.254 e. The van der Waals surface area contributed by atoms with Crippen molar-refractivity contribution in [2.45, 2.75) is 0 Å². The van der Waals surface area contributed by atoms with E-state index in [1.165, 1.54) is 0 Å². The number of hydrogen-bond donors (Lipinski definition) is 3. The van der Waals surface area contributed by atoms with Crippen LogP contribution in [0.25, 0.3) is 0 Å². The predicted octanol–water partition coefficient (Wildman–Crippen LogP) is 2.83. The molecule has 1 rings (SSSR count). The Balaban J connectivity index is -0.0000000150. The van der Waals surface area contributed by atoms with E-state index in [4.69, 9.17) is 0 Å². The van der Waals surface area contributed by atoms with Crippen molar-refractivity contribution >= 4 is 101 Å². The summed E-state index contributed by atoms with van der Waals surface area (Å²) in [5.74, 6) is 0. The molecule has 3 nitrogen and oxygen atoms in total. The molecule has 0 spiro atoms. The largest absolute Gasteiger partial charge is 0.254 e. The van der Waals surface area contributed by atoms with Crippen LogP contribution in [0.15, 0.2) is 0 Å². The lowest BCUT2D eigenvalue weighted by Gasteiger charge is -2.12. The molecule has 1 fully saturated rings. The van der Waals surface area contributed by atoms with Crippen molar-refractivity contribution < 1.29 is 0 Å². The summed E-state index contributed by atoms with van der Waals surface area (Å²) in [6, 6.07) is 0. The number of hydrogen-bond acceptors (Lipinski definition) is 3. The van der Waals surface area contributed by atoms with E-state index in [-0.39, 0.29) is 74.4 Å². The van der Waals surface area contributed by atoms with Gasteiger partial charge in [0.1, 0.15) is 0 Å². The maximum absolute atomic E-state index is 3.12. The Morgan fingerprint density at radius 3 is 0.667 bits per heavy atom. The number of halogens is 6. The monoisotopic (exact) mass is 357 g/mol. The lowest BCUT2D eigenvalue weighted by molar-refractivity contribution is 1.44. The van der Waals surface area contributed by atoms with Gasteiger partial charge in [-0.1, -0.05) is 0 Å². The van der Waals surface area contributed by atoms with Crippen molar-refractivity contribution in [1.82, 2.24) is 14.6 Å².